The van der Waals surface area contributed by atoms with E-state index in [1.807, 2.05) is 38.1 Å². The first kappa shape index (κ1) is 15.9. The lowest BCUT2D eigenvalue weighted by atomic mass is 10.0. The van der Waals surface area contributed by atoms with Gasteiger partial charge >= 0.3 is 0 Å². The molecule has 1 unspecified atom stereocenters. The lowest BCUT2D eigenvalue weighted by molar-refractivity contribution is -0.144. The Bertz CT molecular complexity index is 803. The summed E-state index contributed by atoms with van der Waals surface area (Å²) >= 11 is 0. The number of rotatable bonds is 3. The van der Waals surface area contributed by atoms with Crippen LogP contribution in [-0.2, 0) is 20.9 Å². The van der Waals surface area contributed by atoms with Gasteiger partial charge in [-0.1, -0.05) is 29.8 Å². The number of allylic oxidation sites excluding steroid dienone is 2. The topological polar surface area (TPSA) is 78.8 Å². The van der Waals surface area contributed by atoms with Crippen molar-refractivity contribution in [3.8, 4) is 0 Å². The highest BCUT2D eigenvalue weighted by Crippen LogP contribution is 2.19. The van der Waals surface area contributed by atoms with Crippen molar-refractivity contribution in [2.75, 3.05) is 0 Å². The van der Waals surface area contributed by atoms with Crippen molar-refractivity contribution in [3.05, 3.63) is 59.3 Å². The van der Waals surface area contributed by atoms with E-state index >= 15 is 0 Å². The van der Waals surface area contributed by atoms with Crippen LogP contribution in [0.4, 0.5) is 0 Å². The highest BCUT2D eigenvalue weighted by atomic mass is 16.2. The van der Waals surface area contributed by atoms with Gasteiger partial charge in [-0.25, -0.2) is 0 Å². The molecule has 0 saturated carbocycles. The Kier molecular flexibility index (Phi) is 4.12. The van der Waals surface area contributed by atoms with Gasteiger partial charge in [0.15, 0.2) is 5.92 Å². The standard InChI is InChI=1S/C18H17N3O3/c1-11-3-5-13(6-4-11)10-19-16(22)15-17(23)20-14-9-12(2)7-8-21(14)18(15)24/h3-9,15H,10H2,1-2H3,(H,19,22). The van der Waals surface area contributed by atoms with E-state index in [1.165, 1.54) is 11.1 Å². The third-order valence-electron chi connectivity index (χ3n) is 3.90. The molecule has 0 radical (unpaired) electrons. The van der Waals surface area contributed by atoms with Gasteiger partial charge in [-0.2, -0.15) is 4.99 Å². The first-order chi connectivity index (χ1) is 11.5. The smallest absolute Gasteiger partial charge is 0.269 e. The number of benzene rings is 1. The molecular weight excluding hydrogens is 306 g/mol. The number of carbonyl (C=O) groups is 3. The highest BCUT2D eigenvalue weighted by molar-refractivity contribution is 6.27. The van der Waals surface area contributed by atoms with Gasteiger partial charge in [0.25, 0.3) is 11.8 Å². The van der Waals surface area contributed by atoms with Crippen LogP contribution in [0.2, 0.25) is 0 Å². The fraction of sp³-hybridized carbons (Fsp3) is 0.222. The van der Waals surface area contributed by atoms with Crippen LogP contribution in [0, 0.1) is 12.8 Å². The van der Waals surface area contributed by atoms with Gasteiger partial charge in [0, 0.05) is 12.7 Å². The molecule has 1 atom stereocenters. The van der Waals surface area contributed by atoms with Gasteiger partial charge in [0.2, 0.25) is 5.91 Å². The summed E-state index contributed by atoms with van der Waals surface area (Å²) in [4.78, 5) is 42.0. The third-order valence-corrected chi connectivity index (χ3v) is 3.90. The van der Waals surface area contributed by atoms with Crippen molar-refractivity contribution >= 4 is 23.6 Å². The number of aryl methyl sites for hydroxylation is 1. The molecule has 1 N–H and O–H groups in total. The van der Waals surface area contributed by atoms with E-state index in [0.29, 0.717) is 0 Å². The maximum Gasteiger partial charge on any atom is 0.269 e. The molecule has 2 aliphatic heterocycles. The molecule has 6 nitrogen and oxygen atoms in total. The highest BCUT2D eigenvalue weighted by Gasteiger charge is 2.41. The molecule has 0 spiro atoms. The van der Waals surface area contributed by atoms with Crippen LogP contribution < -0.4 is 5.32 Å². The summed E-state index contributed by atoms with van der Waals surface area (Å²) < 4.78 is 0. The van der Waals surface area contributed by atoms with Crippen LogP contribution >= 0.6 is 0 Å². The lowest BCUT2D eigenvalue weighted by Gasteiger charge is -2.28. The van der Waals surface area contributed by atoms with Crippen molar-refractivity contribution in [3.63, 3.8) is 0 Å². The summed E-state index contributed by atoms with van der Waals surface area (Å²) in [5.74, 6) is -3.12. The first-order valence-corrected chi connectivity index (χ1v) is 7.61. The lowest BCUT2D eigenvalue weighted by Crippen LogP contribution is -2.50. The molecule has 0 saturated heterocycles. The quantitative estimate of drug-likeness (QED) is 0.856. The number of fused-ring (bicyclic) bond motifs is 1. The number of amidine groups is 1. The number of aliphatic imine (C=N–C) groups is 1. The molecule has 3 amide bonds. The van der Waals surface area contributed by atoms with Crippen molar-refractivity contribution in [1.82, 2.24) is 10.2 Å². The van der Waals surface area contributed by atoms with Gasteiger partial charge in [0.05, 0.1) is 0 Å². The Morgan fingerprint density at radius 2 is 1.92 bits per heavy atom. The molecule has 2 heterocycles. The molecule has 3 rings (SSSR count). The van der Waals surface area contributed by atoms with E-state index in [4.69, 9.17) is 0 Å². The van der Waals surface area contributed by atoms with Crippen LogP contribution in [0.25, 0.3) is 0 Å². The van der Waals surface area contributed by atoms with Crippen molar-refractivity contribution in [1.29, 1.82) is 0 Å². The molecule has 122 valence electrons. The zero-order valence-electron chi connectivity index (χ0n) is 13.4. The normalized spacial score (nSPS) is 19.6. The first-order valence-electron chi connectivity index (χ1n) is 7.61. The van der Waals surface area contributed by atoms with E-state index in [9.17, 15) is 14.4 Å². The maximum atomic E-state index is 12.5. The second-order valence-electron chi connectivity index (χ2n) is 5.86. The van der Waals surface area contributed by atoms with E-state index in [1.54, 1.807) is 12.2 Å². The van der Waals surface area contributed by atoms with Crippen LogP contribution in [0.1, 0.15) is 18.1 Å². The Hall–Kier alpha value is -3.02. The Balaban J connectivity index is 1.73. The van der Waals surface area contributed by atoms with Crippen LogP contribution in [0.3, 0.4) is 0 Å². The summed E-state index contributed by atoms with van der Waals surface area (Å²) in [6, 6.07) is 7.64. The zero-order chi connectivity index (χ0) is 17.3. The number of nitrogens with one attached hydrogen (secondary N) is 1. The van der Waals surface area contributed by atoms with Gasteiger partial charge in [-0.05, 0) is 37.1 Å². The number of nitrogens with zero attached hydrogens (tertiary/aromatic N) is 2. The average Bonchev–Trinajstić information content (AvgIpc) is 2.54. The minimum absolute atomic E-state index is 0.252. The van der Waals surface area contributed by atoms with E-state index in [-0.39, 0.29) is 12.4 Å². The summed E-state index contributed by atoms with van der Waals surface area (Å²) in [7, 11) is 0. The third kappa shape index (κ3) is 3.03. The molecule has 0 fully saturated rings. The second kappa shape index (κ2) is 6.23. The summed E-state index contributed by atoms with van der Waals surface area (Å²) in [6.45, 7) is 4.06. The van der Waals surface area contributed by atoms with Gasteiger partial charge in [-0.3, -0.25) is 19.3 Å². The SMILES string of the molecule is CC1=CC2=NC(=O)C(C(=O)NCc3ccc(C)cc3)C(=O)N2C=C1. The molecular formula is C18H17N3O3. The molecule has 2 aliphatic rings. The van der Waals surface area contributed by atoms with Crippen LogP contribution in [-0.4, -0.2) is 28.5 Å². The molecule has 1 aromatic rings. The molecule has 24 heavy (non-hydrogen) atoms. The fourth-order valence-electron chi connectivity index (χ4n) is 2.51. The van der Waals surface area contributed by atoms with Crippen molar-refractivity contribution in [2.24, 2.45) is 10.9 Å². The zero-order valence-corrected chi connectivity index (χ0v) is 13.4. The van der Waals surface area contributed by atoms with Gasteiger partial charge < -0.3 is 5.32 Å². The predicted molar refractivity (Wildman–Crippen MR) is 88.7 cm³/mol. The Labute approximate surface area is 139 Å². The number of amides is 3. The summed E-state index contributed by atoms with van der Waals surface area (Å²) in [5.41, 5.74) is 2.89. The number of hydrogen-bond acceptors (Lipinski definition) is 3. The molecule has 0 bridgehead atoms. The number of carbonyl (C=O) groups excluding carboxylic acids is 3. The predicted octanol–water partition coefficient (Wildman–Crippen LogP) is 1.47. The summed E-state index contributed by atoms with van der Waals surface area (Å²) in [5, 5.41) is 2.64. The molecule has 0 aliphatic carbocycles. The van der Waals surface area contributed by atoms with Gasteiger partial charge in [0.1, 0.15) is 5.84 Å². The minimum atomic E-state index is -1.43. The monoisotopic (exact) mass is 323 g/mol. The average molecular weight is 323 g/mol. The van der Waals surface area contributed by atoms with E-state index < -0.39 is 23.6 Å². The number of hydrogen-bond donors (Lipinski definition) is 1. The second-order valence-corrected chi connectivity index (χ2v) is 5.86. The van der Waals surface area contributed by atoms with Crippen LogP contribution in [0.5, 0.6) is 0 Å². The van der Waals surface area contributed by atoms with Crippen molar-refractivity contribution < 1.29 is 14.4 Å². The van der Waals surface area contributed by atoms with E-state index in [2.05, 4.69) is 10.3 Å². The summed E-state index contributed by atoms with van der Waals surface area (Å²) in [6.07, 6.45) is 4.90. The van der Waals surface area contributed by atoms with Gasteiger partial charge in [-0.15, -0.1) is 0 Å². The Morgan fingerprint density at radius 3 is 2.62 bits per heavy atom. The largest absolute Gasteiger partial charge is 0.351 e. The Morgan fingerprint density at radius 1 is 1.21 bits per heavy atom. The van der Waals surface area contributed by atoms with Crippen molar-refractivity contribution in [2.45, 2.75) is 20.4 Å². The fourth-order valence-corrected chi connectivity index (χ4v) is 2.51. The maximum absolute atomic E-state index is 12.5. The minimum Gasteiger partial charge on any atom is -0.351 e. The molecule has 1 aromatic carbocycles. The van der Waals surface area contributed by atoms with E-state index in [0.717, 1.165) is 16.7 Å². The molecule has 6 heteroatoms. The molecule has 0 aromatic heterocycles. The van der Waals surface area contributed by atoms with Crippen LogP contribution in [0.15, 0.2) is 53.2 Å².